The van der Waals surface area contributed by atoms with Gasteiger partial charge in [0.15, 0.2) is 0 Å². The fourth-order valence-electron chi connectivity index (χ4n) is 3.18. The van der Waals surface area contributed by atoms with Crippen molar-refractivity contribution in [3.05, 3.63) is 0 Å². The van der Waals surface area contributed by atoms with E-state index in [1.54, 1.807) is 0 Å². The van der Waals surface area contributed by atoms with Crippen LogP contribution >= 0.6 is 12.4 Å². The zero-order valence-corrected chi connectivity index (χ0v) is 12.6. The largest absolute Gasteiger partial charge is 0.364 e. The summed E-state index contributed by atoms with van der Waals surface area (Å²) in [5.41, 5.74) is 5.94. The molecule has 1 amide bonds. The highest BCUT2D eigenvalue weighted by atomic mass is 35.5. The van der Waals surface area contributed by atoms with E-state index in [0.29, 0.717) is 12.0 Å². The van der Waals surface area contributed by atoms with E-state index < -0.39 is 0 Å². The van der Waals surface area contributed by atoms with Gasteiger partial charge in [0.1, 0.15) is 6.10 Å². The number of hydrogen-bond acceptors (Lipinski definition) is 3. The highest BCUT2D eigenvalue weighted by molar-refractivity contribution is 5.85. The Bertz CT molecular complexity index is 295. The Morgan fingerprint density at radius 2 is 2.16 bits per heavy atom. The van der Waals surface area contributed by atoms with Crippen molar-refractivity contribution in [1.29, 1.82) is 0 Å². The molecule has 0 spiro atoms. The molecule has 0 aromatic heterocycles. The summed E-state index contributed by atoms with van der Waals surface area (Å²) >= 11 is 0. The normalized spacial score (nSPS) is 28.3. The Morgan fingerprint density at radius 3 is 2.63 bits per heavy atom. The molecule has 1 saturated carbocycles. The number of hydrogen-bond donors (Lipinski definition) is 2. The maximum absolute atomic E-state index is 12.0. The number of nitrogens with two attached hydrogens (primary N) is 1. The molecule has 0 aromatic carbocycles. The Morgan fingerprint density at radius 1 is 1.42 bits per heavy atom. The van der Waals surface area contributed by atoms with Crippen LogP contribution in [-0.4, -0.2) is 31.2 Å². The van der Waals surface area contributed by atoms with Gasteiger partial charge < -0.3 is 15.8 Å². The van der Waals surface area contributed by atoms with Crippen LogP contribution in [-0.2, 0) is 9.53 Å². The maximum atomic E-state index is 12.0. The van der Waals surface area contributed by atoms with Crippen molar-refractivity contribution in [2.75, 3.05) is 13.1 Å². The minimum absolute atomic E-state index is 0. The average molecular weight is 291 g/mol. The molecule has 0 bridgehead atoms. The maximum Gasteiger partial charge on any atom is 0.249 e. The van der Waals surface area contributed by atoms with Crippen molar-refractivity contribution in [3.63, 3.8) is 0 Å². The van der Waals surface area contributed by atoms with Crippen LogP contribution in [0.5, 0.6) is 0 Å². The molecule has 4 nitrogen and oxygen atoms in total. The first-order valence-electron chi connectivity index (χ1n) is 7.32. The van der Waals surface area contributed by atoms with Crippen LogP contribution in [0.2, 0.25) is 0 Å². The number of nitrogens with one attached hydrogen (secondary N) is 1. The third-order valence-electron chi connectivity index (χ3n) is 4.50. The summed E-state index contributed by atoms with van der Waals surface area (Å²) in [6.07, 6.45) is 7.80. The fraction of sp³-hybridized carbons (Fsp3) is 0.929. The third kappa shape index (κ3) is 4.07. The van der Waals surface area contributed by atoms with E-state index in [1.807, 2.05) is 0 Å². The second-order valence-electron chi connectivity index (χ2n) is 5.88. The zero-order valence-electron chi connectivity index (χ0n) is 11.8. The van der Waals surface area contributed by atoms with Gasteiger partial charge in [-0.15, -0.1) is 12.4 Å². The predicted molar refractivity (Wildman–Crippen MR) is 78.4 cm³/mol. The Labute approximate surface area is 122 Å². The molecule has 1 aliphatic heterocycles. The van der Waals surface area contributed by atoms with E-state index >= 15 is 0 Å². The van der Waals surface area contributed by atoms with Gasteiger partial charge in [-0.3, -0.25) is 4.79 Å². The molecular weight excluding hydrogens is 264 g/mol. The van der Waals surface area contributed by atoms with Gasteiger partial charge in [0.05, 0.1) is 6.10 Å². The summed E-state index contributed by atoms with van der Waals surface area (Å²) in [6, 6.07) is 0. The lowest BCUT2D eigenvalue weighted by Gasteiger charge is -2.42. The van der Waals surface area contributed by atoms with Gasteiger partial charge in [-0.25, -0.2) is 0 Å². The second kappa shape index (κ2) is 7.46. The monoisotopic (exact) mass is 290 g/mol. The quantitative estimate of drug-likeness (QED) is 0.786. The number of halogens is 1. The lowest BCUT2D eigenvalue weighted by molar-refractivity contribution is -0.132. The van der Waals surface area contributed by atoms with Crippen molar-refractivity contribution in [1.82, 2.24) is 5.32 Å². The number of carbonyl (C=O) groups is 1. The minimum Gasteiger partial charge on any atom is -0.364 e. The summed E-state index contributed by atoms with van der Waals surface area (Å²) in [4.78, 5) is 12.0. The summed E-state index contributed by atoms with van der Waals surface area (Å²) in [5, 5.41) is 3.09. The van der Waals surface area contributed by atoms with Gasteiger partial charge >= 0.3 is 0 Å². The van der Waals surface area contributed by atoms with Crippen LogP contribution in [0.25, 0.3) is 0 Å². The van der Waals surface area contributed by atoms with E-state index in [1.165, 1.54) is 32.1 Å². The van der Waals surface area contributed by atoms with Gasteiger partial charge in [-0.1, -0.05) is 19.8 Å². The van der Waals surface area contributed by atoms with Crippen LogP contribution in [0.15, 0.2) is 0 Å². The smallest absolute Gasteiger partial charge is 0.249 e. The number of rotatable bonds is 6. The molecule has 0 aromatic rings. The summed E-state index contributed by atoms with van der Waals surface area (Å²) in [7, 11) is 0. The Balaban J connectivity index is 0.00000180. The van der Waals surface area contributed by atoms with Crippen molar-refractivity contribution in [2.24, 2.45) is 11.1 Å². The molecule has 2 atom stereocenters. The standard InChI is InChI=1S/C14H26N2O2.ClH/c1-2-6-14(7-3-8-14)10-16-13(17)12-5-4-11(9-15)18-12;/h11-12H,2-10,15H2,1H3,(H,16,17);1H/t11-,12+;/m1./s1. The second-order valence-corrected chi connectivity index (χ2v) is 5.88. The third-order valence-corrected chi connectivity index (χ3v) is 4.50. The molecule has 0 radical (unpaired) electrons. The molecular formula is C14H27ClN2O2. The Kier molecular flexibility index (Phi) is 6.57. The molecule has 5 heteroatoms. The predicted octanol–water partition coefficient (Wildman–Crippen LogP) is 2.00. The topological polar surface area (TPSA) is 64.4 Å². The number of carbonyl (C=O) groups excluding carboxylic acids is 1. The van der Waals surface area contributed by atoms with Crippen LogP contribution in [0.1, 0.15) is 51.9 Å². The first-order valence-corrected chi connectivity index (χ1v) is 7.32. The van der Waals surface area contributed by atoms with E-state index in [4.69, 9.17) is 10.5 Å². The summed E-state index contributed by atoms with van der Waals surface area (Å²) in [5.74, 6) is 0.0633. The van der Waals surface area contributed by atoms with Crippen LogP contribution in [0.3, 0.4) is 0 Å². The molecule has 1 saturated heterocycles. The lowest BCUT2D eigenvalue weighted by atomic mass is 9.66. The molecule has 2 rings (SSSR count). The van der Waals surface area contributed by atoms with Gasteiger partial charge in [0.25, 0.3) is 0 Å². The van der Waals surface area contributed by atoms with Crippen LogP contribution in [0.4, 0.5) is 0 Å². The number of amides is 1. The average Bonchev–Trinajstić information content (AvgIpc) is 2.80. The van der Waals surface area contributed by atoms with Crippen LogP contribution in [0, 0.1) is 5.41 Å². The molecule has 2 fully saturated rings. The molecule has 112 valence electrons. The number of ether oxygens (including phenoxy) is 1. The van der Waals surface area contributed by atoms with E-state index in [9.17, 15) is 4.79 Å². The molecule has 2 aliphatic rings. The SMILES string of the molecule is CCCC1(CNC(=O)[C@@H]2CC[C@H](CN)O2)CCC1.Cl. The van der Waals surface area contributed by atoms with E-state index in [0.717, 1.165) is 19.4 Å². The van der Waals surface area contributed by atoms with Crippen LogP contribution < -0.4 is 11.1 Å². The van der Waals surface area contributed by atoms with Crippen molar-refractivity contribution in [2.45, 2.75) is 64.1 Å². The Hall–Kier alpha value is -0.320. The van der Waals surface area contributed by atoms with E-state index in [2.05, 4.69) is 12.2 Å². The summed E-state index contributed by atoms with van der Waals surface area (Å²) in [6.45, 7) is 3.56. The van der Waals surface area contributed by atoms with Crippen molar-refractivity contribution >= 4 is 18.3 Å². The molecule has 3 N–H and O–H groups in total. The minimum atomic E-state index is -0.266. The first-order chi connectivity index (χ1) is 8.69. The molecule has 1 heterocycles. The van der Waals surface area contributed by atoms with Gasteiger partial charge in [0.2, 0.25) is 5.91 Å². The van der Waals surface area contributed by atoms with Gasteiger partial charge in [0, 0.05) is 13.1 Å². The van der Waals surface area contributed by atoms with Crippen molar-refractivity contribution in [3.8, 4) is 0 Å². The highest BCUT2D eigenvalue weighted by Gasteiger charge is 2.37. The zero-order chi connectivity index (χ0) is 13.0. The molecule has 0 unspecified atom stereocenters. The van der Waals surface area contributed by atoms with E-state index in [-0.39, 0.29) is 30.5 Å². The summed E-state index contributed by atoms with van der Waals surface area (Å²) < 4.78 is 5.61. The van der Waals surface area contributed by atoms with Gasteiger partial charge in [-0.05, 0) is 37.5 Å². The lowest BCUT2D eigenvalue weighted by Crippen LogP contribution is -2.45. The molecule has 19 heavy (non-hydrogen) atoms. The van der Waals surface area contributed by atoms with Gasteiger partial charge in [-0.2, -0.15) is 0 Å². The first kappa shape index (κ1) is 16.7. The highest BCUT2D eigenvalue weighted by Crippen LogP contribution is 2.44. The fourth-order valence-corrected chi connectivity index (χ4v) is 3.18. The molecule has 1 aliphatic carbocycles. The van der Waals surface area contributed by atoms with Crippen molar-refractivity contribution < 1.29 is 9.53 Å².